The number of methoxy groups -OCH3 is 1. The highest BCUT2D eigenvalue weighted by Gasteiger charge is 2.07. The summed E-state index contributed by atoms with van der Waals surface area (Å²) in [7, 11) is 1.57. The molecule has 0 unspecified atom stereocenters. The largest absolute Gasteiger partial charge is 0.497 e. The second-order valence-corrected chi connectivity index (χ2v) is 5.33. The predicted molar refractivity (Wildman–Crippen MR) is 96.7 cm³/mol. The first-order valence-electron chi connectivity index (χ1n) is 7.79. The number of amides is 1. The van der Waals surface area contributed by atoms with Crippen molar-refractivity contribution in [2.75, 3.05) is 17.7 Å². The Hall–Kier alpha value is -3.41. The van der Waals surface area contributed by atoms with Crippen LogP contribution in [-0.4, -0.2) is 23.0 Å². The molecular formula is C19H18N4O2. The zero-order valence-electron chi connectivity index (χ0n) is 13.8. The van der Waals surface area contributed by atoms with Crippen LogP contribution in [0.25, 0.3) is 0 Å². The highest BCUT2D eigenvalue weighted by molar-refractivity contribution is 6.04. The van der Waals surface area contributed by atoms with E-state index in [1.165, 1.54) is 0 Å². The van der Waals surface area contributed by atoms with Crippen LogP contribution in [0.5, 0.6) is 5.75 Å². The van der Waals surface area contributed by atoms with Crippen LogP contribution >= 0.6 is 0 Å². The first-order chi connectivity index (χ1) is 12.2. The van der Waals surface area contributed by atoms with Gasteiger partial charge in [-0.2, -0.15) is 0 Å². The van der Waals surface area contributed by atoms with Gasteiger partial charge in [0.2, 0.25) is 0 Å². The molecule has 0 saturated carbocycles. The minimum atomic E-state index is -0.211. The molecule has 0 radical (unpaired) electrons. The lowest BCUT2D eigenvalue weighted by atomic mass is 10.2. The number of anilines is 2. The van der Waals surface area contributed by atoms with Gasteiger partial charge in [0.25, 0.3) is 5.91 Å². The smallest absolute Gasteiger partial charge is 0.255 e. The van der Waals surface area contributed by atoms with E-state index < -0.39 is 0 Å². The fraction of sp³-hybridized carbons (Fsp3) is 0.105. The third-order valence-electron chi connectivity index (χ3n) is 3.55. The molecule has 2 N–H and O–H groups in total. The Kier molecular flexibility index (Phi) is 5.21. The van der Waals surface area contributed by atoms with Crippen LogP contribution in [0.2, 0.25) is 0 Å². The van der Waals surface area contributed by atoms with Crippen molar-refractivity contribution in [1.29, 1.82) is 0 Å². The Labute approximate surface area is 145 Å². The predicted octanol–water partition coefficient (Wildman–Crippen LogP) is 3.35. The first kappa shape index (κ1) is 16.4. The molecule has 0 atom stereocenters. The SMILES string of the molecule is COc1cccc(C(=O)Nc2ccc(NCc3cccnc3)nc2)c1. The van der Waals surface area contributed by atoms with E-state index in [-0.39, 0.29) is 5.91 Å². The van der Waals surface area contributed by atoms with Crippen LogP contribution in [0.4, 0.5) is 11.5 Å². The topological polar surface area (TPSA) is 76.1 Å². The highest BCUT2D eigenvalue weighted by Crippen LogP contribution is 2.15. The van der Waals surface area contributed by atoms with Crippen molar-refractivity contribution in [3.63, 3.8) is 0 Å². The van der Waals surface area contributed by atoms with E-state index in [4.69, 9.17) is 4.74 Å². The van der Waals surface area contributed by atoms with Crippen molar-refractivity contribution in [3.05, 3.63) is 78.2 Å². The molecule has 0 bridgehead atoms. The number of rotatable bonds is 6. The maximum absolute atomic E-state index is 12.3. The first-order valence-corrected chi connectivity index (χ1v) is 7.79. The molecule has 6 nitrogen and oxygen atoms in total. The van der Waals surface area contributed by atoms with Gasteiger partial charge in [-0.3, -0.25) is 9.78 Å². The average molecular weight is 334 g/mol. The Balaban J connectivity index is 1.59. The van der Waals surface area contributed by atoms with Gasteiger partial charge in [-0.05, 0) is 42.0 Å². The summed E-state index contributed by atoms with van der Waals surface area (Å²) in [6.45, 7) is 0.635. The van der Waals surface area contributed by atoms with Crippen molar-refractivity contribution in [2.24, 2.45) is 0 Å². The summed E-state index contributed by atoms with van der Waals surface area (Å²) in [6, 6.07) is 14.5. The number of pyridine rings is 2. The molecule has 0 aliphatic heterocycles. The second-order valence-electron chi connectivity index (χ2n) is 5.33. The minimum Gasteiger partial charge on any atom is -0.497 e. The van der Waals surface area contributed by atoms with Gasteiger partial charge < -0.3 is 15.4 Å². The number of hydrogen-bond acceptors (Lipinski definition) is 5. The van der Waals surface area contributed by atoms with Crippen molar-refractivity contribution in [1.82, 2.24) is 9.97 Å². The molecule has 1 aromatic carbocycles. The average Bonchev–Trinajstić information content (AvgIpc) is 2.68. The fourth-order valence-electron chi connectivity index (χ4n) is 2.24. The van der Waals surface area contributed by atoms with Crippen LogP contribution < -0.4 is 15.4 Å². The summed E-state index contributed by atoms with van der Waals surface area (Å²) in [6.07, 6.45) is 5.15. The molecular weight excluding hydrogens is 316 g/mol. The third kappa shape index (κ3) is 4.54. The van der Waals surface area contributed by atoms with Gasteiger partial charge in [0.05, 0.1) is 19.0 Å². The van der Waals surface area contributed by atoms with Gasteiger partial charge in [-0.15, -0.1) is 0 Å². The van der Waals surface area contributed by atoms with Crippen molar-refractivity contribution >= 4 is 17.4 Å². The highest BCUT2D eigenvalue weighted by atomic mass is 16.5. The van der Waals surface area contributed by atoms with E-state index in [9.17, 15) is 4.79 Å². The molecule has 2 aromatic heterocycles. The maximum Gasteiger partial charge on any atom is 0.255 e. The molecule has 0 saturated heterocycles. The van der Waals surface area contributed by atoms with Crippen molar-refractivity contribution < 1.29 is 9.53 Å². The number of nitrogens with one attached hydrogen (secondary N) is 2. The van der Waals surface area contributed by atoms with Crippen LogP contribution in [0.3, 0.4) is 0 Å². The van der Waals surface area contributed by atoms with Gasteiger partial charge in [0, 0.05) is 24.5 Å². The van der Waals surface area contributed by atoms with E-state index in [0.29, 0.717) is 23.5 Å². The molecule has 3 aromatic rings. The van der Waals surface area contributed by atoms with Crippen LogP contribution in [0.15, 0.2) is 67.1 Å². The number of benzene rings is 1. The van der Waals surface area contributed by atoms with Gasteiger partial charge >= 0.3 is 0 Å². The summed E-state index contributed by atoms with van der Waals surface area (Å²) >= 11 is 0. The van der Waals surface area contributed by atoms with Crippen LogP contribution in [0.1, 0.15) is 15.9 Å². The van der Waals surface area contributed by atoms with E-state index in [1.807, 2.05) is 18.2 Å². The van der Waals surface area contributed by atoms with Crippen molar-refractivity contribution in [3.8, 4) is 5.75 Å². The minimum absolute atomic E-state index is 0.211. The number of hydrogen-bond donors (Lipinski definition) is 2. The zero-order chi connectivity index (χ0) is 17.5. The number of carbonyl (C=O) groups excluding carboxylic acids is 1. The lowest BCUT2D eigenvalue weighted by Crippen LogP contribution is -2.12. The van der Waals surface area contributed by atoms with E-state index >= 15 is 0 Å². The van der Waals surface area contributed by atoms with E-state index in [1.54, 1.807) is 56.0 Å². The summed E-state index contributed by atoms with van der Waals surface area (Å²) in [4.78, 5) is 20.6. The molecule has 1 amide bonds. The third-order valence-corrected chi connectivity index (χ3v) is 3.55. The van der Waals surface area contributed by atoms with Crippen LogP contribution in [-0.2, 0) is 6.54 Å². The summed E-state index contributed by atoms with van der Waals surface area (Å²) < 4.78 is 5.13. The standard InChI is InChI=1S/C19H18N4O2/c1-25-17-6-2-5-15(10-17)19(24)23-16-7-8-18(22-13-16)21-12-14-4-3-9-20-11-14/h2-11,13H,12H2,1H3,(H,21,22)(H,23,24). The second kappa shape index (κ2) is 7.92. The van der Waals surface area contributed by atoms with Crippen molar-refractivity contribution in [2.45, 2.75) is 6.54 Å². The fourth-order valence-corrected chi connectivity index (χ4v) is 2.24. The number of nitrogens with zero attached hydrogens (tertiary/aromatic N) is 2. The molecule has 0 fully saturated rings. The monoisotopic (exact) mass is 334 g/mol. The molecule has 2 heterocycles. The molecule has 3 rings (SSSR count). The Morgan fingerprint density at radius 1 is 1.12 bits per heavy atom. The lowest BCUT2D eigenvalue weighted by molar-refractivity contribution is 0.102. The van der Waals surface area contributed by atoms with E-state index in [0.717, 1.165) is 11.4 Å². The Morgan fingerprint density at radius 3 is 2.76 bits per heavy atom. The molecule has 126 valence electrons. The Morgan fingerprint density at radius 2 is 2.04 bits per heavy atom. The van der Waals surface area contributed by atoms with E-state index in [2.05, 4.69) is 20.6 Å². The number of ether oxygens (including phenoxy) is 1. The van der Waals surface area contributed by atoms with Gasteiger partial charge in [0.1, 0.15) is 11.6 Å². The maximum atomic E-state index is 12.3. The lowest BCUT2D eigenvalue weighted by Gasteiger charge is -2.08. The molecule has 0 aliphatic carbocycles. The number of carbonyl (C=O) groups is 1. The van der Waals surface area contributed by atoms with Crippen LogP contribution in [0, 0.1) is 0 Å². The molecule has 6 heteroatoms. The normalized spacial score (nSPS) is 10.1. The molecule has 25 heavy (non-hydrogen) atoms. The van der Waals surface area contributed by atoms with Gasteiger partial charge in [0.15, 0.2) is 0 Å². The van der Waals surface area contributed by atoms with Gasteiger partial charge in [-0.25, -0.2) is 4.98 Å². The molecule has 0 aliphatic rings. The van der Waals surface area contributed by atoms with Gasteiger partial charge in [-0.1, -0.05) is 12.1 Å². The zero-order valence-corrected chi connectivity index (χ0v) is 13.8. The quantitative estimate of drug-likeness (QED) is 0.723. The molecule has 0 spiro atoms. The Bertz CT molecular complexity index is 836. The summed E-state index contributed by atoms with van der Waals surface area (Å²) in [5, 5.41) is 6.02. The summed E-state index contributed by atoms with van der Waals surface area (Å²) in [5.74, 6) is 1.15. The number of aromatic nitrogens is 2. The summed E-state index contributed by atoms with van der Waals surface area (Å²) in [5.41, 5.74) is 2.22.